The van der Waals surface area contributed by atoms with Crippen molar-refractivity contribution in [1.82, 2.24) is 19.9 Å². The highest BCUT2D eigenvalue weighted by molar-refractivity contribution is 5.74. The van der Waals surface area contributed by atoms with Crippen molar-refractivity contribution < 1.29 is 10.2 Å². The lowest BCUT2D eigenvalue weighted by molar-refractivity contribution is -0.103. The molecule has 98 valence electrons. The Bertz CT molecular complexity index is 528. The minimum absolute atomic E-state index is 0.287. The second kappa shape index (κ2) is 5.01. The van der Waals surface area contributed by atoms with Gasteiger partial charge in [-0.3, -0.25) is 0 Å². The molecule has 1 heterocycles. The highest BCUT2D eigenvalue weighted by atomic mass is 16.3. The van der Waals surface area contributed by atoms with Gasteiger partial charge >= 0.3 is 0 Å². The van der Waals surface area contributed by atoms with Crippen molar-refractivity contribution in [3.05, 3.63) is 23.8 Å². The van der Waals surface area contributed by atoms with E-state index in [0.717, 1.165) is 16.6 Å². The van der Waals surface area contributed by atoms with Gasteiger partial charge in [-0.05, 0) is 38.5 Å². The number of aliphatic hydroxyl groups is 2. The van der Waals surface area contributed by atoms with Crippen molar-refractivity contribution in [3.63, 3.8) is 0 Å². The summed E-state index contributed by atoms with van der Waals surface area (Å²) in [5, 5.41) is 27.3. The average Bonchev–Trinajstić information content (AvgIpc) is 2.67. The van der Waals surface area contributed by atoms with Crippen LogP contribution < -0.4 is 0 Å². The van der Waals surface area contributed by atoms with Gasteiger partial charge in [0.2, 0.25) is 0 Å². The summed E-state index contributed by atoms with van der Waals surface area (Å²) in [5.74, 6) is 0. The van der Waals surface area contributed by atoms with Crippen LogP contribution in [0.3, 0.4) is 0 Å². The van der Waals surface area contributed by atoms with Gasteiger partial charge in [0, 0.05) is 0 Å². The van der Waals surface area contributed by atoms with E-state index in [1.54, 1.807) is 18.5 Å². The number of rotatable bonds is 4. The molecule has 0 aliphatic heterocycles. The van der Waals surface area contributed by atoms with E-state index in [4.69, 9.17) is 0 Å². The summed E-state index contributed by atoms with van der Waals surface area (Å²) in [4.78, 5) is 1.51. The maximum Gasteiger partial charge on any atom is 0.113 e. The van der Waals surface area contributed by atoms with E-state index in [-0.39, 0.29) is 6.67 Å². The van der Waals surface area contributed by atoms with E-state index >= 15 is 0 Å². The smallest absolute Gasteiger partial charge is 0.113 e. The number of aliphatic hydroxyl groups excluding tert-OH is 2. The molecule has 1 aromatic heterocycles. The molecule has 0 radical (unpaired) electrons. The Hall–Kier alpha value is -1.50. The fourth-order valence-corrected chi connectivity index (χ4v) is 1.89. The van der Waals surface area contributed by atoms with E-state index in [1.807, 2.05) is 25.1 Å². The van der Waals surface area contributed by atoms with Gasteiger partial charge in [-0.25, -0.2) is 9.58 Å². The molecule has 0 aliphatic rings. The molecule has 0 aliphatic carbocycles. The van der Waals surface area contributed by atoms with Crippen LogP contribution in [0.2, 0.25) is 0 Å². The Morgan fingerprint density at radius 3 is 2.56 bits per heavy atom. The number of nitrogens with zero attached hydrogens (tertiary/aromatic N) is 4. The van der Waals surface area contributed by atoms with Gasteiger partial charge in [-0.2, -0.15) is 0 Å². The van der Waals surface area contributed by atoms with Gasteiger partial charge in [0.05, 0.1) is 12.2 Å². The van der Waals surface area contributed by atoms with Crippen LogP contribution in [0.25, 0.3) is 11.0 Å². The van der Waals surface area contributed by atoms with E-state index in [9.17, 15) is 10.2 Å². The normalized spacial score (nSPS) is 15.2. The van der Waals surface area contributed by atoms with Crippen molar-refractivity contribution in [2.24, 2.45) is 0 Å². The molecule has 0 spiro atoms. The first kappa shape index (κ1) is 12.9. The van der Waals surface area contributed by atoms with Crippen LogP contribution >= 0.6 is 0 Å². The van der Waals surface area contributed by atoms with Crippen molar-refractivity contribution in [2.45, 2.75) is 39.9 Å². The van der Waals surface area contributed by atoms with Gasteiger partial charge in [-0.15, -0.1) is 5.10 Å². The standard InChI is InChI=1S/C12H18N4O2/c1-8-4-5-12-11(6-8)13-14-16(12)7-15(9(2)17)10(3)18/h4-6,9-10,17-18H,7H2,1-3H3. The third kappa shape index (κ3) is 2.50. The summed E-state index contributed by atoms with van der Waals surface area (Å²) >= 11 is 0. The van der Waals surface area contributed by atoms with E-state index in [2.05, 4.69) is 10.3 Å². The maximum atomic E-state index is 9.60. The zero-order valence-electron chi connectivity index (χ0n) is 10.8. The van der Waals surface area contributed by atoms with Crippen molar-refractivity contribution in [2.75, 3.05) is 0 Å². The van der Waals surface area contributed by atoms with Crippen LogP contribution in [-0.4, -0.2) is 42.6 Å². The zero-order chi connectivity index (χ0) is 13.3. The summed E-state index contributed by atoms with van der Waals surface area (Å²) in [5.41, 5.74) is 2.82. The first-order valence-corrected chi connectivity index (χ1v) is 5.91. The lowest BCUT2D eigenvalue weighted by Crippen LogP contribution is -2.41. The van der Waals surface area contributed by atoms with Gasteiger partial charge in [0.1, 0.15) is 18.0 Å². The monoisotopic (exact) mass is 250 g/mol. The summed E-state index contributed by atoms with van der Waals surface area (Å²) in [6.45, 7) is 5.50. The lowest BCUT2D eigenvalue weighted by atomic mass is 10.2. The SMILES string of the molecule is Cc1ccc2c(c1)nnn2CN(C(C)O)C(C)O. The van der Waals surface area contributed by atoms with Gasteiger partial charge < -0.3 is 10.2 Å². The Morgan fingerprint density at radius 2 is 1.94 bits per heavy atom. The molecule has 6 heteroatoms. The quantitative estimate of drug-likeness (QED) is 0.780. The zero-order valence-corrected chi connectivity index (χ0v) is 10.8. The van der Waals surface area contributed by atoms with E-state index in [0.29, 0.717) is 0 Å². The third-order valence-corrected chi connectivity index (χ3v) is 2.93. The van der Waals surface area contributed by atoms with E-state index in [1.165, 1.54) is 4.90 Å². The van der Waals surface area contributed by atoms with Crippen LogP contribution in [0.5, 0.6) is 0 Å². The first-order valence-electron chi connectivity index (χ1n) is 5.91. The summed E-state index contributed by atoms with van der Waals surface area (Å²) in [6, 6.07) is 5.87. The number of hydrogen-bond donors (Lipinski definition) is 2. The Morgan fingerprint density at radius 1 is 1.28 bits per heavy atom. The second-order valence-electron chi connectivity index (χ2n) is 4.50. The molecule has 2 atom stereocenters. The second-order valence-corrected chi connectivity index (χ2v) is 4.50. The molecule has 0 bridgehead atoms. The number of fused-ring (bicyclic) bond motifs is 1. The van der Waals surface area contributed by atoms with Crippen LogP contribution in [0, 0.1) is 6.92 Å². The molecular weight excluding hydrogens is 232 g/mol. The molecule has 0 fully saturated rings. The minimum atomic E-state index is -0.755. The van der Waals surface area contributed by atoms with Crippen molar-refractivity contribution in [3.8, 4) is 0 Å². The van der Waals surface area contributed by atoms with Gasteiger partial charge in [0.25, 0.3) is 0 Å². The Kier molecular flexibility index (Phi) is 3.60. The minimum Gasteiger partial charge on any atom is -0.379 e. The number of hydrogen-bond acceptors (Lipinski definition) is 5. The Balaban J connectivity index is 2.31. The molecular formula is C12H18N4O2. The predicted molar refractivity (Wildman–Crippen MR) is 67.5 cm³/mol. The molecule has 2 aromatic rings. The first-order chi connectivity index (χ1) is 8.49. The molecule has 1 aromatic carbocycles. The molecule has 2 unspecified atom stereocenters. The predicted octanol–water partition coefficient (Wildman–Crippen LogP) is 0.676. The van der Waals surface area contributed by atoms with Gasteiger partial charge in [-0.1, -0.05) is 11.3 Å². The lowest BCUT2D eigenvalue weighted by Gasteiger charge is -2.27. The van der Waals surface area contributed by atoms with Crippen LogP contribution in [0.1, 0.15) is 19.4 Å². The fraction of sp³-hybridized carbons (Fsp3) is 0.500. The van der Waals surface area contributed by atoms with E-state index < -0.39 is 12.5 Å². The summed E-state index contributed by atoms with van der Waals surface area (Å²) < 4.78 is 1.66. The number of aromatic nitrogens is 3. The van der Waals surface area contributed by atoms with Crippen LogP contribution in [0.15, 0.2) is 18.2 Å². The largest absolute Gasteiger partial charge is 0.379 e. The fourth-order valence-electron chi connectivity index (χ4n) is 1.89. The van der Waals surface area contributed by atoms with Gasteiger partial charge in [0.15, 0.2) is 0 Å². The Labute approximate surface area is 105 Å². The molecule has 0 saturated heterocycles. The molecule has 0 saturated carbocycles. The highest BCUT2D eigenvalue weighted by Crippen LogP contribution is 2.14. The summed E-state index contributed by atoms with van der Waals surface area (Å²) in [7, 11) is 0. The molecule has 2 N–H and O–H groups in total. The highest BCUT2D eigenvalue weighted by Gasteiger charge is 2.18. The molecule has 6 nitrogen and oxygen atoms in total. The molecule has 0 amide bonds. The number of benzene rings is 1. The third-order valence-electron chi connectivity index (χ3n) is 2.93. The van der Waals surface area contributed by atoms with Crippen LogP contribution in [-0.2, 0) is 6.67 Å². The topological polar surface area (TPSA) is 74.4 Å². The number of aryl methyl sites for hydroxylation is 1. The molecule has 2 rings (SSSR count). The van der Waals surface area contributed by atoms with Crippen molar-refractivity contribution in [1.29, 1.82) is 0 Å². The maximum absolute atomic E-state index is 9.60. The summed E-state index contributed by atoms with van der Waals surface area (Å²) in [6.07, 6.45) is -1.51. The molecule has 18 heavy (non-hydrogen) atoms. The van der Waals surface area contributed by atoms with Crippen LogP contribution in [0.4, 0.5) is 0 Å². The van der Waals surface area contributed by atoms with Crippen molar-refractivity contribution >= 4 is 11.0 Å². The average molecular weight is 250 g/mol.